The number of hydrogen-bond acceptors (Lipinski definition) is 3. The van der Waals surface area contributed by atoms with E-state index in [-0.39, 0.29) is 29.3 Å². The zero-order valence-electron chi connectivity index (χ0n) is 11.2. The Bertz CT molecular complexity index is 583. The van der Waals surface area contributed by atoms with Gasteiger partial charge in [0.05, 0.1) is 11.5 Å². The van der Waals surface area contributed by atoms with E-state index in [2.05, 4.69) is 0 Å². The number of aromatic hydroxyl groups is 1. The molecule has 2 aliphatic rings. The van der Waals surface area contributed by atoms with E-state index in [0.717, 1.165) is 18.4 Å². The first-order chi connectivity index (χ1) is 9.49. The Hall–Kier alpha value is -2.04. The normalized spacial score (nSPS) is 27.9. The summed E-state index contributed by atoms with van der Waals surface area (Å²) in [5, 5.41) is 19.1. The maximum absolute atomic E-state index is 12.6. The van der Waals surface area contributed by atoms with Crippen molar-refractivity contribution in [1.29, 1.82) is 0 Å². The van der Waals surface area contributed by atoms with Crippen LogP contribution in [0.4, 0.5) is 0 Å². The van der Waals surface area contributed by atoms with Crippen LogP contribution in [-0.2, 0) is 4.79 Å². The molecule has 20 heavy (non-hydrogen) atoms. The van der Waals surface area contributed by atoms with Crippen molar-refractivity contribution in [1.82, 2.24) is 4.90 Å². The number of nitrogens with zero attached hydrogens (tertiary/aromatic N) is 1. The fourth-order valence-corrected chi connectivity index (χ4v) is 3.53. The number of aryl methyl sites for hydroxylation is 1. The first-order valence-corrected chi connectivity index (χ1v) is 6.84. The molecule has 2 saturated heterocycles. The molecule has 5 nitrogen and oxygen atoms in total. The van der Waals surface area contributed by atoms with Gasteiger partial charge in [-0.15, -0.1) is 0 Å². The highest BCUT2D eigenvalue weighted by atomic mass is 16.4. The minimum atomic E-state index is -0.830. The van der Waals surface area contributed by atoms with Crippen molar-refractivity contribution in [2.24, 2.45) is 5.92 Å². The summed E-state index contributed by atoms with van der Waals surface area (Å²) < 4.78 is 0. The predicted molar refractivity (Wildman–Crippen MR) is 71.6 cm³/mol. The van der Waals surface area contributed by atoms with Crippen LogP contribution in [-0.4, -0.2) is 39.1 Å². The van der Waals surface area contributed by atoms with Gasteiger partial charge >= 0.3 is 5.97 Å². The van der Waals surface area contributed by atoms with Gasteiger partial charge in [0.2, 0.25) is 0 Å². The molecule has 2 fully saturated rings. The number of fused-ring (bicyclic) bond motifs is 2. The van der Waals surface area contributed by atoms with Crippen LogP contribution in [0.1, 0.15) is 35.2 Å². The van der Waals surface area contributed by atoms with Gasteiger partial charge in [-0.1, -0.05) is 11.6 Å². The average Bonchev–Trinajstić information content (AvgIpc) is 2.98. The number of phenolic OH excluding ortho intramolecular Hbond substituents is 1. The summed E-state index contributed by atoms with van der Waals surface area (Å²) in [4.78, 5) is 25.5. The molecule has 0 radical (unpaired) electrons. The predicted octanol–water partition coefficient (Wildman–Crippen LogP) is 1.78. The number of benzene rings is 1. The number of amides is 1. The van der Waals surface area contributed by atoms with Gasteiger partial charge in [0.1, 0.15) is 5.75 Å². The van der Waals surface area contributed by atoms with Crippen LogP contribution in [0.15, 0.2) is 18.2 Å². The van der Waals surface area contributed by atoms with Gasteiger partial charge < -0.3 is 15.1 Å². The van der Waals surface area contributed by atoms with Gasteiger partial charge in [0, 0.05) is 12.1 Å². The van der Waals surface area contributed by atoms with Gasteiger partial charge in [0.15, 0.2) is 0 Å². The van der Waals surface area contributed by atoms with E-state index in [4.69, 9.17) is 0 Å². The Kier molecular flexibility index (Phi) is 2.92. The molecule has 0 aromatic heterocycles. The van der Waals surface area contributed by atoms with Crippen LogP contribution in [0.3, 0.4) is 0 Å². The molecule has 0 aliphatic carbocycles. The Morgan fingerprint density at radius 3 is 2.70 bits per heavy atom. The first kappa shape index (κ1) is 13.0. The molecule has 1 aromatic carbocycles. The SMILES string of the molecule is Cc1ccc(O)c(C(=O)N2C3CCC2C(C(=O)O)C3)c1. The highest BCUT2D eigenvalue weighted by Crippen LogP contribution is 2.43. The third kappa shape index (κ3) is 1.85. The summed E-state index contributed by atoms with van der Waals surface area (Å²) >= 11 is 0. The Labute approximate surface area is 116 Å². The first-order valence-electron chi connectivity index (χ1n) is 6.84. The van der Waals surface area contributed by atoms with Crippen molar-refractivity contribution in [3.63, 3.8) is 0 Å². The molecule has 3 rings (SSSR count). The molecule has 3 atom stereocenters. The molecular weight excluding hydrogens is 258 g/mol. The molecule has 1 aromatic rings. The molecule has 2 N–H and O–H groups in total. The molecule has 2 aliphatic heterocycles. The van der Waals surface area contributed by atoms with Crippen molar-refractivity contribution in [3.8, 4) is 5.75 Å². The largest absolute Gasteiger partial charge is 0.507 e. The molecule has 1 amide bonds. The lowest BCUT2D eigenvalue weighted by molar-refractivity contribution is -0.142. The summed E-state index contributed by atoms with van der Waals surface area (Å²) in [5.74, 6) is -1.59. The van der Waals surface area contributed by atoms with E-state index in [1.54, 1.807) is 17.0 Å². The number of carboxylic acids is 1. The van der Waals surface area contributed by atoms with Crippen LogP contribution in [0, 0.1) is 12.8 Å². The summed E-state index contributed by atoms with van der Waals surface area (Å²) in [6.45, 7) is 1.86. The van der Waals surface area contributed by atoms with Gasteiger partial charge in [-0.25, -0.2) is 0 Å². The van der Waals surface area contributed by atoms with Crippen LogP contribution >= 0.6 is 0 Å². The quantitative estimate of drug-likeness (QED) is 0.862. The lowest BCUT2D eigenvalue weighted by Gasteiger charge is -2.23. The summed E-state index contributed by atoms with van der Waals surface area (Å²) in [6.07, 6.45) is 2.12. The number of carboxylic acid groups (broad SMARTS) is 1. The monoisotopic (exact) mass is 275 g/mol. The number of aliphatic carboxylic acids is 1. The number of carbonyl (C=O) groups is 2. The highest BCUT2D eigenvalue weighted by Gasteiger charge is 2.51. The highest BCUT2D eigenvalue weighted by molar-refractivity contribution is 5.98. The van der Waals surface area contributed by atoms with Gasteiger partial charge in [-0.05, 0) is 38.3 Å². The van der Waals surface area contributed by atoms with E-state index >= 15 is 0 Å². The third-order valence-electron chi connectivity index (χ3n) is 4.47. The van der Waals surface area contributed by atoms with Crippen molar-refractivity contribution in [2.75, 3.05) is 0 Å². The topological polar surface area (TPSA) is 77.8 Å². The number of hydrogen-bond donors (Lipinski definition) is 2. The fraction of sp³-hybridized carbons (Fsp3) is 0.467. The van der Waals surface area contributed by atoms with Crippen LogP contribution in [0.2, 0.25) is 0 Å². The minimum Gasteiger partial charge on any atom is -0.507 e. The number of rotatable bonds is 2. The van der Waals surface area contributed by atoms with Crippen LogP contribution in [0.25, 0.3) is 0 Å². The van der Waals surface area contributed by atoms with Gasteiger partial charge in [0.25, 0.3) is 5.91 Å². The van der Waals surface area contributed by atoms with Crippen molar-refractivity contribution in [3.05, 3.63) is 29.3 Å². The van der Waals surface area contributed by atoms with E-state index in [1.807, 2.05) is 6.92 Å². The number of phenols is 1. The Balaban J connectivity index is 1.92. The molecule has 106 valence electrons. The lowest BCUT2D eigenvalue weighted by atomic mass is 9.89. The summed E-state index contributed by atoms with van der Waals surface area (Å²) in [6, 6.07) is 4.67. The van der Waals surface area contributed by atoms with Crippen molar-refractivity contribution in [2.45, 2.75) is 38.3 Å². The van der Waals surface area contributed by atoms with Gasteiger partial charge in [-0.3, -0.25) is 9.59 Å². The zero-order valence-corrected chi connectivity index (χ0v) is 11.2. The minimum absolute atomic E-state index is 0.00601. The second-order valence-electron chi connectivity index (χ2n) is 5.71. The number of carbonyl (C=O) groups excluding carboxylic acids is 1. The second-order valence-corrected chi connectivity index (χ2v) is 5.71. The Morgan fingerprint density at radius 1 is 1.30 bits per heavy atom. The van der Waals surface area contributed by atoms with Crippen LogP contribution < -0.4 is 0 Å². The van der Waals surface area contributed by atoms with E-state index in [0.29, 0.717) is 6.42 Å². The molecule has 2 heterocycles. The third-order valence-corrected chi connectivity index (χ3v) is 4.47. The Morgan fingerprint density at radius 2 is 2.05 bits per heavy atom. The second kappa shape index (κ2) is 4.51. The maximum Gasteiger partial charge on any atom is 0.308 e. The summed E-state index contributed by atoms with van der Waals surface area (Å²) in [7, 11) is 0. The maximum atomic E-state index is 12.6. The zero-order chi connectivity index (χ0) is 14.4. The molecule has 0 saturated carbocycles. The standard InChI is InChI=1S/C15H17NO4/c1-8-2-5-13(17)11(6-8)14(18)16-9-3-4-12(16)10(7-9)15(19)20/h2,5-6,9-10,12,17H,3-4,7H2,1H3,(H,19,20). The van der Waals surface area contributed by atoms with Gasteiger partial charge in [-0.2, -0.15) is 0 Å². The molecular formula is C15H17NO4. The fourth-order valence-electron chi connectivity index (χ4n) is 3.53. The summed E-state index contributed by atoms with van der Waals surface area (Å²) in [5.41, 5.74) is 1.17. The molecule has 0 spiro atoms. The van der Waals surface area contributed by atoms with Crippen LogP contribution in [0.5, 0.6) is 5.75 Å². The lowest BCUT2D eigenvalue weighted by Crippen LogP contribution is -2.37. The molecule has 2 bridgehead atoms. The molecule has 5 heteroatoms. The smallest absolute Gasteiger partial charge is 0.308 e. The average molecular weight is 275 g/mol. The van der Waals surface area contributed by atoms with E-state index < -0.39 is 11.9 Å². The van der Waals surface area contributed by atoms with E-state index in [9.17, 15) is 19.8 Å². The molecule has 3 unspecified atom stereocenters. The van der Waals surface area contributed by atoms with Crippen molar-refractivity contribution >= 4 is 11.9 Å². The van der Waals surface area contributed by atoms with E-state index in [1.165, 1.54) is 6.07 Å². The van der Waals surface area contributed by atoms with Crippen molar-refractivity contribution < 1.29 is 19.8 Å².